The molecule has 1 heterocycles. The van der Waals surface area contributed by atoms with Crippen LogP contribution in [-0.2, 0) is 32.0 Å². The van der Waals surface area contributed by atoms with Crippen molar-refractivity contribution in [3.05, 3.63) is 71.8 Å². The van der Waals surface area contributed by atoms with E-state index in [1.165, 1.54) is 16.0 Å². The van der Waals surface area contributed by atoms with Crippen molar-refractivity contribution < 1.29 is 19.1 Å². The van der Waals surface area contributed by atoms with Crippen LogP contribution in [-0.4, -0.2) is 48.4 Å². The Morgan fingerprint density at radius 3 is 2.19 bits per heavy atom. The zero-order valence-corrected chi connectivity index (χ0v) is 17.8. The molecular formula is C25H30N2O4. The number of amides is 2. The van der Waals surface area contributed by atoms with Gasteiger partial charge in [-0.1, -0.05) is 60.7 Å². The highest BCUT2D eigenvalue weighted by atomic mass is 16.5. The number of hydrogen-bond donors (Lipinski definition) is 1. The highest BCUT2D eigenvalue weighted by Crippen LogP contribution is 2.14. The number of esters is 1. The summed E-state index contributed by atoms with van der Waals surface area (Å²) in [6.45, 7) is 1.13. The summed E-state index contributed by atoms with van der Waals surface area (Å²) in [5, 5.41) is 2.75. The minimum absolute atomic E-state index is 0.0901. The molecule has 164 valence electrons. The van der Waals surface area contributed by atoms with Crippen LogP contribution in [0.1, 0.15) is 36.8 Å². The van der Waals surface area contributed by atoms with Crippen LogP contribution in [0.25, 0.3) is 0 Å². The van der Waals surface area contributed by atoms with Crippen molar-refractivity contribution >= 4 is 17.8 Å². The van der Waals surface area contributed by atoms with Gasteiger partial charge in [0.15, 0.2) is 0 Å². The van der Waals surface area contributed by atoms with Crippen LogP contribution in [0.4, 0.5) is 0 Å². The second-order valence-electron chi connectivity index (χ2n) is 7.75. The van der Waals surface area contributed by atoms with Crippen molar-refractivity contribution in [3.63, 3.8) is 0 Å². The third-order valence-corrected chi connectivity index (χ3v) is 5.43. The van der Waals surface area contributed by atoms with Gasteiger partial charge in [0, 0.05) is 19.5 Å². The zero-order valence-electron chi connectivity index (χ0n) is 17.8. The highest BCUT2D eigenvalue weighted by molar-refractivity contribution is 5.91. The first kappa shape index (κ1) is 22.5. The van der Waals surface area contributed by atoms with Gasteiger partial charge >= 0.3 is 5.97 Å². The van der Waals surface area contributed by atoms with E-state index >= 15 is 0 Å². The van der Waals surface area contributed by atoms with Gasteiger partial charge in [-0.2, -0.15) is 0 Å². The van der Waals surface area contributed by atoms with Crippen LogP contribution < -0.4 is 5.32 Å². The lowest BCUT2D eigenvalue weighted by molar-refractivity contribution is -0.152. The maximum absolute atomic E-state index is 12.7. The van der Waals surface area contributed by atoms with Crippen LogP contribution >= 0.6 is 0 Å². The Bertz CT molecular complexity index is 854. The Morgan fingerprint density at radius 1 is 0.935 bits per heavy atom. The molecule has 0 aromatic heterocycles. The van der Waals surface area contributed by atoms with E-state index in [1.807, 2.05) is 60.7 Å². The van der Waals surface area contributed by atoms with Crippen LogP contribution in [0, 0.1) is 0 Å². The molecule has 1 aliphatic heterocycles. The first-order valence-corrected chi connectivity index (χ1v) is 10.9. The van der Waals surface area contributed by atoms with Gasteiger partial charge in [0.2, 0.25) is 11.8 Å². The molecule has 0 radical (unpaired) electrons. The van der Waals surface area contributed by atoms with Gasteiger partial charge < -0.3 is 15.0 Å². The van der Waals surface area contributed by atoms with Crippen molar-refractivity contribution in [1.82, 2.24) is 10.2 Å². The summed E-state index contributed by atoms with van der Waals surface area (Å²) in [6, 6.07) is 19.2. The smallest absolute Gasteiger partial charge is 0.308 e. The second kappa shape index (κ2) is 11.9. The van der Waals surface area contributed by atoms with E-state index < -0.39 is 12.0 Å². The van der Waals surface area contributed by atoms with Crippen molar-refractivity contribution in [2.75, 3.05) is 19.7 Å². The molecule has 1 saturated heterocycles. The van der Waals surface area contributed by atoms with Crippen LogP contribution in [0.2, 0.25) is 0 Å². The number of ether oxygens (including phenoxy) is 1. The van der Waals surface area contributed by atoms with Crippen LogP contribution in [0.5, 0.6) is 0 Å². The molecule has 6 heteroatoms. The minimum atomic E-state index is -0.792. The summed E-state index contributed by atoms with van der Waals surface area (Å²) in [7, 11) is 0. The number of rotatable bonds is 10. The average Bonchev–Trinajstić information content (AvgIpc) is 2.79. The number of aryl methyl sites for hydroxylation is 2. The van der Waals surface area contributed by atoms with Crippen molar-refractivity contribution in [2.24, 2.45) is 0 Å². The molecule has 3 rings (SSSR count). The molecule has 2 aromatic carbocycles. The molecule has 1 fully saturated rings. The normalized spacial score (nSPS) is 15.9. The fourth-order valence-electron chi connectivity index (χ4n) is 3.77. The number of hydrogen-bond acceptors (Lipinski definition) is 4. The maximum atomic E-state index is 12.7. The Kier molecular flexibility index (Phi) is 8.64. The molecule has 31 heavy (non-hydrogen) atoms. The number of nitrogens with one attached hydrogen (secondary N) is 1. The molecule has 0 bridgehead atoms. The number of nitrogens with zero attached hydrogens (tertiary/aromatic N) is 1. The number of carbonyl (C=O) groups is 3. The first-order chi connectivity index (χ1) is 15.1. The number of carbonyl (C=O) groups excluding carboxylic acids is 3. The van der Waals surface area contributed by atoms with E-state index in [4.69, 9.17) is 4.74 Å². The van der Waals surface area contributed by atoms with Crippen molar-refractivity contribution in [1.29, 1.82) is 0 Å². The lowest BCUT2D eigenvalue weighted by Crippen LogP contribution is -2.57. The van der Waals surface area contributed by atoms with E-state index in [2.05, 4.69) is 5.32 Å². The Labute approximate surface area is 183 Å². The highest BCUT2D eigenvalue weighted by Gasteiger charge is 2.34. The van der Waals surface area contributed by atoms with Gasteiger partial charge in [-0.15, -0.1) is 0 Å². The Balaban J connectivity index is 1.43. The summed E-state index contributed by atoms with van der Waals surface area (Å²) < 4.78 is 5.32. The molecule has 1 aliphatic rings. The molecule has 1 unspecified atom stereocenters. The maximum Gasteiger partial charge on any atom is 0.308 e. The average molecular weight is 423 g/mol. The predicted octanol–water partition coefficient (Wildman–Crippen LogP) is 2.90. The van der Waals surface area contributed by atoms with Gasteiger partial charge in [-0.25, -0.2) is 0 Å². The molecule has 2 amide bonds. The van der Waals surface area contributed by atoms with Crippen LogP contribution in [0.3, 0.4) is 0 Å². The lowest BCUT2D eigenvalue weighted by atomic mass is 10.1. The summed E-state index contributed by atoms with van der Waals surface area (Å²) in [5.74, 6) is -0.825. The fourth-order valence-corrected chi connectivity index (χ4v) is 3.77. The summed E-state index contributed by atoms with van der Waals surface area (Å²) >= 11 is 0. The molecule has 1 atom stereocenters. The topological polar surface area (TPSA) is 75.7 Å². The Hall–Kier alpha value is -3.15. The fraction of sp³-hybridized carbons (Fsp3) is 0.400. The Morgan fingerprint density at radius 2 is 1.55 bits per heavy atom. The monoisotopic (exact) mass is 422 g/mol. The van der Waals surface area contributed by atoms with E-state index in [0.29, 0.717) is 32.5 Å². The second-order valence-corrected chi connectivity index (χ2v) is 7.75. The molecule has 2 aromatic rings. The van der Waals surface area contributed by atoms with Gasteiger partial charge in [0.1, 0.15) is 6.04 Å². The third kappa shape index (κ3) is 7.24. The summed E-state index contributed by atoms with van der Waals surface area (Å²) in [4.78, 5) is 38.9. The predicted molar refractivity (Wildman–Crippen MR) is 118 cm³/mol. The van der Waals surface area contributed by atoms with Gasteiger partial charge in [-0.3, -0.25) is 14.4 Å². The first-order valence-electron chi connectivity index (χ1n) is 10.9. The quantitative estimate of drug-likeness (QED) is 0.472. The van der Waals surface area contributed by atoms with E-state index in [1.54, 1.807) is 0 Å². The molecule has 0 spiro atoms. The molecular weight excluding hydrogens is 392 g/mol. The van der Waals surface area contributed by atoms with Gasteiger partial charge in [0.25, 0.3) is 0 Å². The van der Waals surface area contributed by atoms with Gasteiger partial charge in [0.05, 0.1) is 13.0 Å². The van der Waals surface area contributed by atoms with Crippen LogP contribution in [0.15, 0.2) is 60.7 Å². The SMILES string of the molecule is O=C(CC1C(=O)NCCN1C(=O)CCCc1ccccc1)OCCCc1ccccc1. The standard InChI is InChI=1S/C25H30N2O4/c28-23(15-7-13-20-9-3-1-4-10-20)27-17-16-26-25(30)22(27)19-24(29)31-18-8-14-21-11-5-2-6-12-21/h1-6,9-12,22H,7-8,13-19H2,(H,26,30). The number of piperazine rings is 1. The van der Waals surface area contributed by atoms with Crippen molar-refractivity contribution in [2.45, 2.75) is 44.6 Å². The molecule has 6 nitrogen and oxygen atoms in total. The molecule has 1 N–H and O–H groups in total. The molecule has 0 aliphatic carbocycles. The number of benzene rings is 2. The zero-order chi connectivity index (χ0) is 21.9. The van der Waals surface area contributed by atoms with E-state index in [9.17, 15) is 14.4 Å². The lowest BCUT2D eigenvalue weighted by Gasteiger charge is -2.34. The minimum Gasteiger partial charge on any atom is -0.466 e. The van der Waals surface area contributed by atoms with Gasteiger partial charge in [-0.05, 0) is 36.8 Å². The largest absolute Gasteiger partial charge is 0.466 e. The van der Waals surface area contributed by atoms with E-state index in [0.717, 1.165) is 19.3 Å². The van der Waals surface area contributed by atoms with E-state index in [-0.39, 0.29) is 18.2 Å². The van der Waals surface area contributed by atoms with Crippen molar-refractivity contribution in [3.8, 4) is 0 Å². The summed E-state index contributed by atoms with van der Waals surface area (Å²) in [5.41, 5.74) is 2.37. The third-order valence-electron chi connectivity index (χ3n) is 5.43. The summed E-state index contributed by atoms with van der Waals surface area (Å²) in [6.07, 6.45) is 3.30. The molecule has 0 saturated carbocycles.